The van der Waals surface area contributed by atoms with Crippen LogP contribution in [0.5, 0.6) is 11.5 Å². The fourth-order valence-corrected chi connectivity index (χ4v) is 1.55. The maximum absolute atomic E-state index is 5.54. The molecule has 0 atom stereocenters. The maximum Gasteiger partial charge on any atom is 0.231 e. The van der Waals surface area contributed by atoms with E-state index in [-0.39, 0.29) is 0 Å². The first-order chi connectivity index (χ1) is 7.90. The molecule has 0 unspecified atom stereocenters. The van der Waals surface area contributed by atoms with E-state index in [0.717, 1.165) is 36.5 Å². The minimum atomic E-state index is 0.318. The quantitative estimate of drug-likeness (QED) is 0.545. The predicted molar refractivity (Wildman–Crippen MR) is 61.7 cm³/mol. The standard InChI is InChI=1S/C13H16O3/c1-2-3-4-7-14-9-11-5-6-12-13(8-11)16-10-15-12/h2,5-6,8H,1,3-4,7,9-10H2. The molecule has 1 aliphatic heterocycles. The van der Waals surface area contributed by atoms with Crippen molar-refractivity contribution in [2.24, 2.45) is 0 Å². The highest BCUT2D eigenvalue weighted by Crippen LogP contribution is 2.32. The van der Waals surface area contributed by atoms with E-state index < -0.39 is 0 Å². The van der Waals surface area contributed by atoms with E-state index in [4.69, 9.17) is 14.2 Å². The van der Waals surface area contributed by atoms with Gasteiger partial charge in [0, 0.05) is 6.61 Å². The second kappa shape index (κ2) is 5.56. The predicted octanol–water partition coefficient (Wildman–Crippen LogP) is 2.90. The van der Waals surface area contributed by atoms with E-state index in [1.54, 1.807) is 0 Å². The van der Waals surface area contributed by atoms with Gasteiger partial charge in [-0.1, -0.05) is 12.1 Å². The van der Waals surface area contributed by atoms with Crippen molar-refractivity contribution in [2.75, 3.05) is 13.4 Å². The van der Waals surface area contributed by atoms with Gasteiger partial charge in [-0.25, -0.2) is 0 Å². The third-order valence-electron chi connectivity index (χ3n) is 2.40. The Balaban J connectivity index is 1.79. The van der Waals surface area contributed by atoms with Gasteiger partial charge in [-0.15, -0.1) is 6.58 Å². The summed E-state index contributed by atoms with van der Waals surface area (Å²) in [6.07, 6.45) is 3.93. The summed E-state index contributed by atoms with van der Waals surface area (Å²) in [5.74, 6) is 1.63. The highest BCUT2D eigenvalue weighted by atomic mass is 16.7. The molecule has 0 fully saturated rings. The molecule has 1 aliphatic rings. The van der Waals surface area contributed by atoms with Crippen LogP contribution in [0.4, 0.5) is 0 Å². The van der Waals surface area contributed by atoms with Crippen LogP contribution in [0.15, 0.2) is 30.9 Å². The van der Waals surface area contributed by atoms with Crippen molar-refractivity contribution in [1.29, 1.82) is 0 Å². The summed E-state index contributed by atoms with van der Waals surface area (Å²) in [4.78, 5) is 0. The molecule has 0 aliphatic carbocycles. The number of allylic oxidation sites excluding steroid dienone is 1. The topological polar surface area (TPSA) is 27.7 Å². The van der Waals surface area contributed by atoms with Gasteiger partial charge in [0.15, 0.2) is 11.5 Å². The zero-order valence-corrected chi connectivity index (χ0v) is 9.28. The third kappa shape index (κ3) is 2.76. The molecular formula is C13H16O3. The summed E-state index contributed by atoms with van der Waals surface area (Å²) in [5, 5.41) is 0. The summed E-state index contributed by atoms with van der Waals surface area (Å²) in [7, 11) is 0. The summed E-state index contributed by atoms with van der Waals surface area (Å²) >= 11 is 0. The Labute approximate surface area is 95.6 Å². The molecule has 86 valence electrons. The highest BCUT2D eigenvalue weighted by molar-refractivity contribution is 5.44. The van der Waals surface area contributed by atoms with Gasteiger partial charge in [0.05, 0.1) is 6.61 Å². The monoisotopic (exact) mass is 220 g/mol. The van der Waals surface area contributed by atoms with Crippen molar-refractivity contribution in [2.45, 2.75) is 19.4 Å². The Hall–Kier alpha value is -1.48. The van der Waals surface area contributed by atoms with Crippen molar-refractivity contribution >= 4 is 0 Å². The normalized spacial score (nSPS) is 12.8. The van der Waals surface area contributed by atoms with Crippen LogP contribution in [0.3, 0.4) is 0 Å². The molecule has 16 heavy (non-hydrogen) atoms. The first-order valence-corrected chi connectivity index (χ1v) is 5.47. The highest BCUT2D eigenvalue weighted by Gasteiger charge is 2.12. The van der Waals surface area contributed by atoms with Crippen LogP contribution in [-0.2, 0) is 11.3 Å². The smallest absolute Gasteiger partial charge is 0.231 e. The van der Waals surface area contributed by atoms with Crippen LogP contribution >= 0.6 is 0 Å². The van der Waals surface area contributed by atoms with Gasteiger partial charge >= 0.3 is 0 Å². The Bertz CT molecular complexity index is 360. The largest absolute Gasteiger partial charge is 0.454 e. The van der Waals surface area contributed by atoms with E-state index in [9.17, 15) is 0 Å². The Morgan fingerprint density at radius 2 is 2.19 bits per heavy atom. The number of hydrogen-bond acceptors (Lipinski definition) is 3. The number of unbranched alkanes of at least 4 members (excludes halogenated alkanes) is 1. The first kappa shape index (κ1) is 11.0. The van der Waals surface area contributed by atoms with Gasteiger partial charge < -0.3 is 14.2 Å². The van der Waals surface area contributed by atoms with Crippen molar-refractivity contribution in [3.05, 3.63) is 36.4 Å². The van der Waals surface area contributed by atoms with E-state index >= 15 is 0 Å². The SMILES string of the molecule is C=CCCCOCc1ccc2c(c1)OCO2. The van der Waals surface area contributed by atoms with Crippen molar-refractivity contribution in [1.82, 2.24) is 0 Å². The van der Waals surface area contributed by atoms with Crippen LogP contribution in [0, 0.1) is 0 Å². The number of fused-ring (bicyclic) bond motifs is 1. The minimum Gasteiger partial charge on any atom is -0.454 e. The molecule has 0 saturated heterocycles. The molecule has 0 amide bonds. The lowest BCUT2D eigenvalue weighted by molar-refractivity contribution is 0.119. The van der Waals surface area contributed by atoms with E-state index in [0.29, 0.717) is 13.4 Å². The van der Waals surface area contributed by atoms with Crippen LogP contribution in [0.2, 0.25) is 0 Å². The summed E-state index contributed by atoms with van der Waals surface area (Å²) < 4.78 is 16.1. The van der Waals surface area contributed by atoms with Gasteiger partial charge in [-0.2, -0.15) is 0 Å². The molecule has 0 bridgehead atoms. The summed E-state index contributed by atoms with van der Waals surface area (Å²) in [6, 6.07) is 5.89. The van der Waals surface area contributed by atoms with E-state index in [1.807, 2.05) is 24.3 Å². The van der Waals surface area contributed by atoms with Gasteiger partial charge in [0.25, 0.3) is 0 Å². The molecule has 1 heterocycles. The van der Waals surface area contributed by atoms with E-state index in [2.05, 4.69) is 6.58 Å². The number of rotatable bonds is 6. The second-order valence-corrected chi connectivity index (χ2v) is 3.67. The second-order valence-electron chi connectivity index (χ2n) is 3.67. The summed E-state index contributed by atoms with van der Waals surface area (Å²) in [5.41, 5.74) is 1.11. The zero-order valence-electron chi connectivity index (χ0n) is 9.28. The lowest BCUT2D eigenvalue weighted by Gasteiger charge is -2.04. The number of benzene rings is 1. The Morgan fingerprint density at radius 3 is 3.06 bits per heavy atom. The van der Waals surface area contributed by atoms with Crippen molar-refractivity contribution in [3.8, 4) is 11.5 Å². The Morgan fingerprint density at radius 1 is 1.31 bits per heavy atom. The lowest BCUT2D eigenvalue weighted by Crippen LogP contribution is -1.95. The average molecular weight is 220 g/mol. The number of ether oxygens (including phenoxy) is 3. The fraction of sp³-hybridized carbons (Fsp3) is 0.385. The molecule has 0 aromatic heterocycles. The van der Waals surface area contributed by atoms with Gasteiger partial charge in [-0.3, -0.25) is 0 Å². The van der Waals surface area contributed by atoms with Gasteiger partial charge in [0.1, 0.15) is 0 Å². The average Bonchev–Trinajstić information content (AvgIpc) is 2.76. The molecule has 0 N–H and O–H groups in total. The van der Waals surface area contributed by atoms with Gasteiger partial charge in [-0.05, 0) is 30.5 Å². The van der Waals surface area contributed by atoms with Crippen LogP contribution < -0.4 is 9.47 Å². The Kier molecular flexibility index (Phi) is 3.83. The van der Waals surface area contributed by atoms with Gasteiger partial charge in [0.2, 0.25) is 6.79 Å². The van der Waals surface area contributed by atoms with Crippen molar-refractivity contribution < 1.29 is 14.2 Å². The van der Waals surface area contributed by atoms with Crippen LogP contribution in [-0.4, -0.2) is 13.4 Å². The molecule has 3 heteroatoms. The molecule has 1 aromatic rings. The fourth-order valence-electron chi connectivity index (χ4n) is 1.55. The number of hydrogen-bond donors (Lipinski definition) is 0. The third-order valence-corrected chi connectivity index (χ3v) is 2.40. The first-order valence-electron chi connectivity index (χ1n) is 5.47. The van der Waals surface area contributed by atoms with E-state index in [1.165, 1.54) is 0 Å². The van der Waals surface area contributed by atoms with Crippen LogP contribution in [0.1, 0.15) is 18.4 Å². The molecule has 1 aromatic carbocycles. The van der Waals surface area contributed by atoms with Crippen molar-refractivity contribution in [3.63, 3.8) is 0 Å². The zero-order chi connectivity index (χ0) is 11.2. The summed E-state index contributed by atoms with van der Waals surface area (Å²) in [6.45, 7) is 5.37. The molecule has 0 saturated carbocycles. The minimum absolute atomic E-state index is 0.318. The molecule has 0 radical (unpaired) electrons. The maximum atomic E-state index is 5.54. The molecular weight excluding hydrogens is 204 g/mol. The molecule has 3 nitrogen and oxygen atoms in total. The molecule has 2 rings (SSSR count). The van der Waals surface area contributed by atoms with Crippen LogP contribution in [0.25, 0.3) is 0 Å². The molecule has 0 spiro atoms. The lowest BCUT2D eigenvalue weighted by atomic mass is 10.2.